The fourth-order valence-electron chi connectivity index (χ4n) is 3.31. The van der Waals surface area contributed by atoms with Gasteiger partial charge in [0, 0.05) is 28.1 Å². The summed E-state index contributed by atoms with van der Waals surface area (Å²) in [5.41, 5.74) is 3.39. The molecule has 0 saturated heterocycles. The van der Waals surface area contributed by atoms with Gasteiger partial charge in [0.15, 0.2) is 0 Å². The van der Waals surface area contributed by atoms with Crippen LogP contribution in [0.3, 0.4) is 0 Å². The van der Waals surface area contributed by atoms with Crippen molar-refractivity contribution >= 4 is 28.5 Å². The van der Waals surface area contributed by atoms with E-state index in [0.29, 0.717) is 22.9 Å². The van der Waals surface area contributed by atoms with E-state index in [9.17, 15) is 4.79 Å². The zero-order chi connectivity index (χ0) is 19.2. The standard InChI is InChI=1S/C23H26ClNO2/c1-3-4-5-6-9-14-25-23(26)22-21(17-10-7-8-11-19(17)24)18-15-16(2)12-13-20(18)27-22/h7-8,10-13,15H,3-6,9,14H2,1-2H3,(H,25,26). The summed E-state index contributed by atoms with van der Waals surface area (Å²) in [6, 6.07) is 13.5. The second kappa shape index (κ2) is 9.09. The van der Waals surface area contributed by atoms with E-state index in [1.165, 1.54) is 19.3 Å². The number of unbranched alkanes of at least 4 members (excludes halogenated alkanes) is 4. The lowest BCUT2D eigenvalue weighted by molar-refractivity contribution is 0.0928. The van der Waals surface area contributed by atoms with Gasteiger partial charge in [0.25, 0.3) is 5.91 Å². The van der Waals surface area contributed by atoms with Crippen molar-refractivity contribution in [3.05, 3.63) is 58.8 Å². The number of hydrogen-bond acceptors (Lipinski definition) is 2. The van der Waals surface area contributed by atoms with Crippen LogP contribution >= 0.6 is 11.6 Å². The minimum absolute atomic E-state index is 0.186. The Labute approximate surface area is 165 Å². The molecule has 1 aromatic heterocycles. The molecular weight excluding hydrogens is 358 g/mol. The summed E-state index contributed by atoms with van der Waals surface area (Å²) in [7, 11) is 0. The number of amides is 1. The fourth-order valence-corrected chi connectivity index (χ4v) is 3.54. The van der Waals surface area contributed by atoms with E-state index in [2.05, 4.69) is 12.2 Å². The van der Waals surface area contributed by atoms with E-state index in [1.807, 2.05) is 49.4 Å². The summed E-state index contributed by atoms with van der Waals surface area (Å²) >= 11 is 6.43. The minimum Gasteiger partial charge on any atom is -0.450 e. The molecule has 0 aliphatic rings. The highest BCUT2D eigenvalue weighted by molar-refractivity contribution is 6.34. The molecule has 1 heterocycles. The highest BCUT2D eigenvalue weighted by Crippen LogP contribution is 2.38. The maximum Gasteiger partial charge on any atom is 0.287 e. The first-order valence-electron chi connectivity index (χ1n) is 9.68. The first-order valence-corrected chi connectivity index (χ1v) is 10.1. The molecule has 0 atom stereocenters. The molecule has 27 heavy (non-hydrogen) atoms. The largest absolute Gasteiger partial charge is 0.450 e. The van der Waals surface area contributed by atoms with Crippen molar-refractivity contribution in [2.45, 2.75) is 46.0 Å². The van der Waals surface area contributed by atoms with Crippen LogP contribution in [-0.4, -0.2) is 12.5 Å². The van der Waals surface area contributed by atoms with Gasteiger partial charge in [-0.3, -0.25) is 4.79 Å². The summed E-state index contributed by atoms with van der Waals surface area (Å²) in [4.78, 5) is 12.8. The molecule has 142 valence electrons. The Hall–Kier alpha value is -2.26. The van der Waals surface area contributed by atoms with E-state index >= 15 is 0 Å². The molecule has 0 saturated carbocycles. The molecule has 1 amide bonds. The molecule has 3 aromatic rings. The lowest BCUT2D eigenvalue weighted by atomic mass is 10.0. The Balaban J connectivity index is 1.89. The van der Waals surface area contributed by atoms with Gasteiger partial charge in [0.1, 0.15) is 5.58 Å². The maximum absolute atomic E-state index is 12.8. The van der Waals surface area contributed by atoms with Crippen LogP contribution < -0.4 is 5.32 Å². The molecular formula is C23H26ClNO2. The second-order valence-corrected chi connectivity index (χ2v) is 7.36. The Kier molecular flexibility index (Phi) is 6.57. The normalized spacial score (nSPS) is 11.1. The van der Waals surface area contributed by atoms with Crippen molar-refractivity contribution in [1.29, 1.82) is 0 Å². The number of carbonyl (C=O) groups is 1. The van der Waals surface area contributed by atoms with Gasteiger partial charge in [-0.2, -0.15) is 0 Å². The highest BCUT2D eigenvalue weighted by Gasteiger charge is 2.23. The van der Waals surface area contributed by atoms with Crippen molar-refractivity contribution < 1.29 is 9.21 Å². The molecule has 0 radical (unpaired) electrons. The van der Waals surface area contributed by atoms with E-state index < -0.39 is 0 Å². The SMILES string of the molecule is CCCCCCCNC(=O)c1oc2ccc(C)cc2c1-c1ccccc1Cl. The van der Waals surface area contributed by atoms with Crippen molar-refractivity contribution in [3.63, 3.8) is 0 Å². The lowest BCUT2D eigenvalue weighted by Gasteiger charge is -2.07. The van der Waals surface area contributed by atoms with Crippen molar-refractivity contribution in [1.82, 2.24) is 5.32 Å². The van der Waals surface area contributed by atoms with Crippen LogP contribution in [0.2, 0.25) is 5.02 Å². The van der Waals surface area contributed by atoms with Gasteiger partial charge in [0.2, 0.25) is 5.76 Å². The quantitative estimate of drug-likeness (QED) is 0.436. The van der Waals surface area contributed by atoms with Crippen LogP contribution in [0.15, 0.2) is 46.9 Å². The van der Waals surface area contributed by atoms with Gasteiger partial charge in [-0.25, -0.2) is 0 Å². The van der Waals surface area contributed by atoms with Crippen LogP contribution in [0.25, 0.3) is 22.1 Å². The van der Waals surface area contributed by atoms with Gasteiger partial charge in [-0.1, -0.05) is 74.0 Å². The lowest BCUT2D eigenvalue weighted by Crippen LogP contribution is -2.24. The Bertz CT molecular complexity index is 929. The third kappa shape index (κ3) is 4.54. The molecule has 3 rings (SSSR count). The molecule has 0 unspecified atom stereocenters. The molecule has 1 N–H and O–H groups in total. The molecule has 0 aliphatic heterocycles. The highest BCUT2D eigenvalue weighted by atomic mass is 35.5. The number of nitrogens with one attached hydrogen (secondary N) is 1. The zero-order valence-electron chi connectivity index (χ0n) is 16.0. The minimum atomic E-state index is -0.186. The van der Waals surface area contributed by atoms with Crippen LogP contribution in [-0.2, 0) is 0 Å². The van der Waals surface area contributed by atoms with Crippen LogP contribution in [0.4, 0.5) is 0 Å². The number of benzene rings is 2. The molecule has 0 bridgehead atoms. The summed E-state index contributed by atoms with van der Waals surface area (Å²) in [5.74, 6) is 0.145. The fraction of sp³-hybridized carbons (Fsp3) is 0.348. The van der Waals surface area contributed by atoms with Crippen LogP contribution in [0, 0.1) is 6.92 Å². The Morgan fingerprint density at radius 1 is 1.07 bits per heavy atom. The summed E-state index contributed by atoms with van der Waals surface area (Å²) in [5, 5.41) is 4.53. The number of halogens is 1. The molecule has 3 nitrogen and oxygen atoms in total. The molecule has 0 fully saturated rings. The molecule has 2 aromatic carbocycles. The number of fused-ring (bicyclic) bond motifs is 1. The van der Waals surface area contributed by atoms with E-state index in [1.54, 1.807) is 0 Å². The predicted molar refractivity (Wildman–Crippen MR) is 112 cm³/mol. The zero-order valence-corrected chi connectivity index (χ0v) is 16.7. The average molecular weight is 384 g/mol. The number of rotatable bonds is 8. The van der Waals surface area contributed by atoms with E-state index in [-0.39, 0.29) is 5.91 Å². The van der Waals surface area contributed by atoms with Gasteiger partial charge in [0.05, 0.1) is 0 Å². The summed E-state index contributed by atoms with van der Waals surface area (Å²) < 4.78 is 5.95. The number of hydrogen-bond donors (Lipinski definition) is 1. The van der Waals surface area contributed by atoms with E-state index in [4.69, 9.17) is 16.0 Å². The van der Waals surface area contributed by atoms with Gasteiger partial charge in [-0.05, 0) is 31.5 Å². The van der Waals surface area contributed by atoms with Crippen molar-refractivity contribution in [3.8, 4) is 11.1 Å². The first kappa shape index (κ1) is 19.5. The van der Waals surface area contributed by atoms with E-state index in [0.717, 1.165) is 34.9 Å². The first-order chi connectivity index (χ1) is 13.1. The predicted octanol–water partition coefficient (Wildman–Crippen LogP) is 6.76. The maximum atomic E-state index is 12.8. The monoisotopic (exact) mass is 383 g/mol. The van der Waals surface area contributed by atoms with Crippen molar-refractivity contribution in [2.24, 2.45) is 0 Å². The molecule has 0 aliphatic carbocycles. The number of furan rings is 1. The third-order valence-electron chi connectivity index (χ3n) is 4.76. The smallest absolute Gasteiger partial charge is 0.287 e. The van der Waals surface area contributed by atoms with Crippen molar-refractivity contribution in [2.75, 3.05) is 6.54 Å². The van der Waals surface area contributed by atoms with Crippen LogP contribution in [0.5, 0.6) is 0 Å². The topological polar surface area (TPSA) is 42.2 Å². The van der Waals surface area contributed by atoms with Gasteiger partial charge >= 0.3 is 0 Å². The average Bonchev–Trinajstić information content (AvgIpc) is 3.03. The second-order valence-electron chi connectivity index (χ2n) is 6.96. The van der Waals surface area contributed by atoms with Crippen LogP contribution in [0.1, 0.15) is 55.1 Å². The summed E-state index contributed by atoms with van der Waals surface area (Å²) in [6.07, 6.45) is 5.78. The molecule has 0 spiro atoms. The van der Waals surface area contributed by atoms with Gasteiger partial charge < -0.3 is 9.73 Å². The summed E-state index contributed by atoms with van der Waals surface area (Å²) in [6.45, 7) is 4.88. The molecule has 4 heteroatoms. The van der Waals surface area contributed by atoms with Gasteiger partial charge in [-0.15, -0.1) is 0 Å². The Morgan fingerprint density at radius 3 is 2.63 bits per heavy atom. The third-order valence-corrected chi connectivity index (χ3v) is 5.09. The Morgan fingerprint density at radius 2 is 1.85 bits per heavy atom. The number of aryl methyl sites for hydroxylation is 1. The number of carbonyl (C=O) groups excluding carboxylic acids is 1.